The Balaban J connectivity index is 0.00000200. The summed E-state index contributed by atoms with van der Waals surface area (Å²) in [5.74, 6) is -2.30. The number of carbonyl (C=O) groups is 2. The van der Waals surface area contributed by atoms with Gasteiger partial charge in [0.05, 0.1) is 16.8 Å². The molecular weight excluding hydrogens is 310 g/mol. The number of nitrogens with two attached hydrogens (primary N) is 1. The Morgan fingerprint density at radius 3 is 2.15 bits per heavy atom. The predicted octanol–water partition coefficient (Wildman–Crippen LogP) is 2.71. The zero-order valence-corrected chi connectivity index (χ0v) is 11.8. The van der Waals surface area contributed by atoms with E-state index in [2.05, 4.69) is 0 Å². The van der Waals surface area contributed by atoms with Gasteiger partial charge in [-0.1, -0.05) is 25.3 Å². The molecule has 6 heteroatoms. The Kier molecular flexibility index (Phi) is 5.60. The molecule has 0 amide bonds. The van der Waals surface area contributed by atoms with Gasteiger partial charge in [-0.05, 0) is 30.4 Å². The van der Waals surface area contributed by atoms with E-state index in [0.29, 0.717) is 0 Å². The number of rotatable bonds is 3. The van der Waals surface area contributed by atoms with Gasteiger partial charge in [-0.2, -0.15) is 0 Å². The van der Waals surface area contributed by atoms with Crippen molar-refractivity contribution in [1.29, 1.82) is 0 Å². The van der Waals surface area contributed by atoms with Crippen LogP contribution in [-0.4, -0.2) is 22.2 Å². The van der Waals surface area contributed by atoms with Gasteiger partial charge in [0.15, 0.2) is 0 Å². The Morgan fingerprint density at radius 2 is 1.65 bits per heavy atom. The maximum absolute atomic E-state index is 11.2. The summed E-state index contributed by atoms with van der Waals surface area (Å²) >= 11 is 0. The van der Waals surface area contributed by atoms with Crippen molar-refractivity contribution in [1.82, 2.24) is 0 Å². The summed E-state index contributed by atoms with van der Waals surface area (Å²) in [7, 11) is 0. The molecule has 1 aromatic carbocycles. The van der Waals surface area contributed by atoms with Gasteiger partial charge in [0.2, 0.25) is 0 Å². The third-order valence-electron chi connectivity index (χ3n) is 3.77. The Labute approximate surface area is 127 Å². The van der Waals surface area contributed by atoms with Gasteiger partial charge in [0.1, 0.15) is 0 Å². The minimum absolute atomic E-state index is 0. The molecule has 20 heavy (non-hydrogen) atoms. The summed E-state index contributed by atoms with van der Waals surface area (Å²) in [4.78, 5) is 22.3. The van der Waals surface area contributed by atoms with Crippen LogP contribution in [0.15, 0.2) is 12.1 Å². The molecule has 1 saturated carbocycles. The van der Waals surface area contributed by atoms with Gasteiger partial charge < -0.3 is 15.9 Å². The quantitative estimate of drug-likeness (QED) is 0.585. The van der Waals surface area contributed by atoms with E-state index in [1.165, 1.54) is 12.5 Å². The molecule has 0 heterocycles. The minimum Gasteiger partial charge on any atom is -0.478 e. The fourth-order valence-corrected chi connectivity index (χ4v) is 2.81. The molecule has 2 rings (SSSR count). The third kappa shape index (κ3) is 3.14. The second kappa shape index (κ2) is 6.77. The Bertz CT molecular complexity index is 524. The van der Waals surface area contributed by atoms with Gasteiger partial charge in [-0.25, -0.2) is 9.59 Å². The number of aromatic carboxylic acids is 2. The van der Waals surface area contributed by atoms with E-state index in [-0.39, 0.29) is 39.8 Å². The molecule has 0 aliphatic heterocycles. The van der Waals surface area contributed by atoms with Crippen molar-refractivity contribution in [2.75, 3.05) is 5.73 Å². The maximum Gasteiger partial charge on any atom is 0.338 e. The molecule has 1 aromatic rings. The molecule has 1 fully saturated rings. The molecule has 113 valence electrons. The molecule has 0 bridgehead atoms. The largest absolute Gasteiger partial charge is 0.478 e. The van der Waals surface area contributed by atoms with Gasteiger partial charge in [-0.15, -0.1) is 0 Å². The number of carboxylic acids is 2. The van der Waals surface area contributed by atoms with E-state index >= 15 is 0 Å². The van der Waals surface area contributed by atoms with Gasteiger partial charge in [0, 0.05) is 17.1 Å². The third-order valence-corrected chi connectivity index (χ3v) is 3.77. The molecule has 1 aliphatic carbocycles. The summed E-state index contributed by atoms with van der Waals surface area (Å²) in [6.45, 7) is 0. The van der Waals surface area contributed by atoms with Crippen molar-refractivity contribution >= 4 is 17.6 Å². The van der Waals surface area contributed by atoms with Crippen LogP contribution in [0.4, 0.5) is 5.69 Å². The molecule has 0 aromatic heterocycles. The Morgan fingerprint density at radius 1 is 1.05 bits per heavy atom. The summed E-state index contributed by atoms with van der Waals surface area (Å²) in [5, 5.41) is 18.2. The molecule has 1 aliphatic rings. The van der Waals surface area contributed by atoms with Crippen molar-refractivity contribution in [2.24, 2.45) is 0 Å². The average Bonchev–Trinajstić information content (AvgIpc) is 2.38. The van der Waals surface area contributed by atoms with Crippen LogP contribution < -0.4 is 5.73 Å². The van der Waals surface area contributed by atoms with E-state index in [0.717, 1.165) is 31.2 Å². The summed E-state index contributed by atoms with van der Waals surface area (Å²) < 4.78 is 0. The fourth-order valence-electron chi connectivity index (χ4n) is 2.81. The Hall–Kier alpha value is -1.52. The first-order valence-electron chi connectivity index (χ1n) is 6.41. The average molecular weight is 327 g/mol. The van der Waals surface area contributed by atoms with Crippen LogP contribution in [0.1, 0.15) is 64.3 Å². The van der Waals surface area contributed by atoms with E-state index in [9.17, 15) is 14.7 Å². The molecule has 0 unspecified atom stereocenters. The van der Waals surface area contributed by atoms with E-state index in [4.69, 9.17) is 10.8 Å². The van der Waals surface area contributed by atoms with Crippen molar-refractivity contribution in [3.8, 4) is 0 Å². The van der Waals surface area contributed by atoms with Crippen LogP contribution in [0.25, 0.3) is 0 Å². The fraction of sp³-hybridized carbons (Fsp3) is 0.429. The first-order chi connectivity index (χ1) is 9.02. The number of hydrogen-bond acceptors (Lipinski definition) is 3. The molecule has 5 nitrogen and oxygen atoms in total. The van der Waals surface area contributed by atoms with E-state index < -0.39 is 11.9 Å². The van der Waals surface area contributed by atoms with E-state index in [1.807, 2.05) is 0 Å². The number of anilines is 1. The second-order valence-electron chi connectivity index (χ2n) is 4.94. The number of nitrogen functional groups attached to an aromatic ring is 1. The van der Waals surface area contributed by atoms with Crippen molar-refractivity contribution in [3.63, 3.8) is 0 Å². The molecule has 1 radical (unpaired) electrons. The summed E-state index contributed by atoms with van der Waals surface area (Å²) in [5.41, 5.74) is 6.27. The summed E-state index contributed by atoms with van der Waals surface area (Å²) in [6, 6.07) is 3.02. The summed E-state index contributed by atoms with van der Waals surface area (Å²) in [6.07, 6.45) is 5.36. The van der Waals surface area contributed by atoms with Gasteiger partial charge >= 0.3 is 11.9 Å². The minimum atomic E-state index is -1.28. The van der Waals surface area contributed by atoms with Crippen LogP contribution in [-0.2, 0) is 17.1 Å². The standard InChI is InChI=1S/C14H17NO4.Cu/c15-12-9(8-4-2-1-3-5-8)6-7-10(13(16)17)11(12)14(18)19;/h6-8H,1-5,15H2,(H,16,17)(H,18,19);. The van der Waals surface area contributed by atoms with Crippen LogP contribution in [0.3, 0.4) is 0 Å². The van der Waals surface area contributed by atoms with Gasteiger partial charge in [-0.3, -0.25) is 0 Å². The van der Waals surface area contributed by atoms with E-state index in [1.54, 1.807) is 6.07 Å². The predicted molar refractivity (Wildman–Crippen MR) is 70.6 cm³/mol. The topological polar surface area (TPSA) is 101 Å². The van der Waals surface area contributed by atoms with Crippen LogP contribution in [0, 0.1) is 0 Å². The molecule has 0 spiro atoms. The number of benzene rings is 1. The van der Waals surface area contributed by atoms with Gasteiger partial charge in [0.25, 0.3) is 0 Å². The van der Waals surface area contributed by atoms with Crippen molar-refractivity contribution < 1.29 is 36.9 Å². The first kappa shape index (κ1) is 16.5. The normalized spacial score (nSPS) is 15.4. The maximum atomic E-state index is 11.2. The zero-order chi connectivity index (χ0) is 14.0. The SMILES string of the molecule is Nc1c(C2CCCCC2)ccc(C(=O)O)c1C(=O)O.[Cu]. The van der Waals surface area contributed by atoms with Crippen LogP contribution >= 0.6 is 0 Å². The van der Waals surface area contributed by atoms with Crippen LogP contribution in [0.2, 0.25) is 0 Å². The number of carboxylic acid groups (broad SMARTS) is 2. The van der Waals surface area contributed by atoms with Crippen molar-refractivity contribution in [2.45, 2.75) is 38.0 Å². The smallest absolute Gasteiger partial charge is 0.338 e. The molecule has 0 atom stereocenters. The number of hydrogen-bond donors (Lipinski definition) is 3. The monoisotopic (exact) mass is 326 g/mol. The molecular formula is C14H17CuNO4. The molecule has 0 saturated heterocycles. The second-order valence-corrected chi connectivity index (χ2v) is 4.94. The zero-order valence-electron chi connectivity index (χ0n) is 10.9. The molecule has 4 N–H and O–H groups in total. The first-order valence-corrected chi connectivity index (χ1v) is 6.41. The van der Waals surface area contributed by atoms with Crippen molar-refractivity contribution in [3.05, 3.63) is 28.8 Å². The van der Waals surface area contributed by atoms with Crippen LogP contribution in [0.5, 0.6) is 0 Å².